The Bertz CT molecular complexity index is 147. The van der Waals surface area contributed by atoms with Crippen LogP contribution in [0.25, 0.3) is 0 Å². The lowest BCUT2D eigenvalue weighted by Crippen LogP contribution is -2.10. The molecule has 0 aromatic rings. The standard InChI is InChI=1S/C10H18O/c1-5-6-10(9(4)11)7-8(2)3/h10H,2,5-7H2,1,3-4H3. The molecule has 0 aliphatic carbocycles. The largest absolute Gasteiger partial charge is 0.300 e. The summed E-state index contributed by atoms with van der Waals surface area (Å²) in [6, 6.07) is 0. The Labute approximate surface area is 69.5 Å². The van der Waals surface area contributed by atoms with Crippen LogP contribution in [0.5, 0.6) is 0 Å². The van der Waals surface area contributed by atoms with Crippen molar-refractivity contribution in [3.8, 4) is 0 Å². The Morgan fingerprint density at radius 3 is 2.27 bits per heavy atom. The van der Waals surface area contributed by atoms with Gasteiger partial charge in [0.15, 0.2) is 0 Å². The molecule has 0 aromatic carbocycles. The van der Waals surface area contributed by atoms with Gasteiger partial charge in [-0.1, -0.05) is 18.9 Å². The van der Waals surface area contributed by atoms with Crippen LogP contribution >= 0.6 is 0 Å². The van der Waals surface area contributed by atoms with E-state index in [1.54, 1.807) is 6.92 Å². The third-order valence-corrected chi connectivity index (χ3v) is 1.81. The smallest absolute Gasteiger partial charge is 0.133 e. The van der Waals surface area contributed by atoms with E-state index in [0.29, 0.717) is 5.78 Å². The van der Waals surface area contributed by atoms with Crippen LogP contribution in [0.4, 0.5) is 0 Å². The lowest BCUT2D eigenvalue weighted by Gasteiger charge is -2.11. The van der Waals surface area contributed by atoms with Crippen molar-refractivity contribution in [2.45, 2.75) is 40.0 Å². The predicted octanol–water partition coefficient (Wildman–Crippen LogP) is 2.96. The highest BCUT2D eigenvalue weighted by atomic mass is 16.1. The summed E-state index contributed by atoms with van der Waals surface area (Å²) in [5.41, 5.74) is 1.11. The third kappa shape index (κ3) is 4.77. The van der Waals surface area contributed by atoms with Gasteiger partial charge in [-0.05, 0) is 26.7 Å². The van der Waals surface area contributed by atoms with Crippen LogP contribution in [0.3, 0.4) is 0 Å². The van der Waals surface area contributed by atoms with Crippen LogP contribution in [0.2, 0.25) is 0 Å². The number of ketones is 1. The molecule has 1 atom stereocenters. The second kappa shape index (κ2) is 5.11. The number of hydrogen-bond donors (Lipinski definition) is 0. The normalized spacial score (nSPS) is 12.6. The Morgan fingerprint density at radius 1 is 1.45 bits per heavy atom. The average molecular weight is 154 g/mol. The van der Waals surface area contributed by atoms with E-state index in [0.717, 1.165) is 24.8 Å². The first kappa shape index (κ1) is 10.4. The van der Waals surface area contributed by atoms with E-state index in [-0.39, 0.29) is 5.92 Å². The lowest BCUT2D eigenvalue weighted by atomic mass is 9.93. The molecule has 0 fully saturated rings. The summed E-state index contributed by atoms with van der Waals surface area (Å²) in [7, 11) is 0. The molecule has 0 aliphatic rings. The first-order valence-corrected chi connectivity index (χ1v) is 4.22. The molecule has 0 heterocycles. The van der Waals surface area contributed by atoms with Crippen LogP contribution in [0.1, 0.15) is 40.0 Å². The van der Waals surface area contributed by atoms with Crippen molar-refractivity contribution in [1.82, 2.24) is 0 Å². The highest BCUT2D eigenvalue weighted by Gasteiger charge is 2.12. The molecule has 0 N–H and O–H groups in total. The number of rotatable bonds is 5. The number of allylic oxidation sites excluding steroid dienone is 1. The van der Waals surface area contributed by atoms with Crippen molar-refractivity contribution >= 4 is 5.78 Å². The predicted molar refractivity (Wildman–Crippen MR) is 48.5 cm³/mol. The van der Waals surface area contributed by atoms with E-state index in [2.05, 4.69) is 13.5 Å². The van der Waals surface area contributed by atoms with E-state index in [1.165, 1.54) is 0 Å². The summed E-state index contributed by atoms with van der Waals surface area (Å²) in [5.74, 6) is 0.521. The number of carbonyl (C=O) groups is 1. The maximum atomic E-state index is 11.0. The summed E-state index contributed by atoms with van der Waals surface area (Å²) in [4.78, 5) is 11.0. The summed E-state index contributed by atoms with van der Waals surface area (Å²) >= 11 is 0. The fourth-order valence-corrected chi connectivity index (χ4v) is 1.22. The van der Waals surface area contributed by atoms with Gasteiger partial charge in [-0.3, -0.25) is 4.79 Å². The molecule has 1 nitrogen and oxygen atoms in total. The van der Waals surface area contributed by atoms with Gasteiger partial charge in [0.2, 0.25) is 0 Å². The molecular formula is C10H18O. The van der Waals surface area contributed by atoms with E-state index in [1.807, 2.05) is 6.92 Å². The van der Waals surface area contributed by atoms with Gasteiger partial charge in [0.1, 0.15) is 5.78 Å². The quantitative estimate of drug-likeness (QED) is 0.556. The topological polar surface area (TPSA) is 17.1 Å². The van der Waals surface area contributed by atoms with Gasteiger partial charge >= 0.3 is 0 Å². The number of Topliss-reactive ketones (excluding diaryl/α,β-unsaturated/α-hetero) is 1. The summed E-state index contributed by atoms with van der Waals surface area (Å²) < 4.78 is 0. The van der Waals surface area contributed by atoms with Crippen LogP contribution < -0.4 is 0 Å². The molecule has 0 aromatic heterocycles. The van der Waals surface area contributed by atoms with Crippen LogP contribution in [0.15, 0.2) is 12.2 Å². The lowest BCUT2D eigenvalue weighted by molar-refractivity contribution is -0.120. The molecule has 0 bridgehead atoms. The Balaban J connectivity index is 3.89. The van der Waals surface area contributed by atoms with Crippen molar-refractivity contribution < 1.29 is 4.79 Å². The van der Waals surface area contributed by atoms with E-state index < -0.39 is 0 Å². The summed E-state index contributed by atoms with van der Waals surface area (Å²) in [6.45, 7) is 9.56. The monoisotopic (exact) mass is 154 g/mol. The highest BCUT2D eigenvalue weighted by molar-refractivity contribution is 5.78. The number of hydrogen-bond acceptors (Lipinski definition) is 1. The summed E-state index contributed by atoms with van der Waals surface area (Å²) in [6.07, 6.45) is 2.95. The molecule has 0 amide bonds. The van der Waals surface area contributed by atoms with Crippen LogP contribution in [0, 0.1) is 5.92 Å². The fraction of sp³-hybridized carbons (Fsp3) is 0.700. The number of carbonyl (C=O) groups excluding carboxylic acids is 1. The van der Waals surface area contributed by atoms with Crippen molar-refractivity contribution in [3.05, 3.63) is 12.2 Å². The molecule has 0 spiro atoms. The summed E-state index contributed by atoms with van der Waals surface area (Å²) in [5, 5.41) is 0. The van der Waals surface area contributed by atoms with Gasteiger partial charge in [-0.15, -0.1) is 6.58 Å². The van der Waals surface area contributed by atoms with Crippen molar-refractivity contribution in [3.63, 3.8) is 0 Å². The SMILES string of the molecule is C=C(C)CC(CCC)C(C)=O. The van der Waals surface area contributed by atoms with E-state index in [9.17, 15) is 4.79 Å². The molecule has 1 unspecified atom stereocenters. The first-order valence-electron chi connectivity index (χ1n) is 4.22. The fourth-order valence-electron chi connectivity index (χ4n) is 1.22. The minimum atomic E-state index is 0.220. The molecule has 0 rings (SSSR count). The maximum Gasteiger partial charge on any atom is 0.133 e. The van der Waals surface area contributed by atoms with Gasteiger partial charge in [-0.2, -0.15) is 0 Å². The zero-order chi connectivity index (χ0) is 8.85. The van der Waals surface area contributed by atoms with Crippen molar-refractivity contribution in [2.75, 3.05) is 0 Å². The molecule has 1 heteroatoms. The molecule has 0 aliphatic heterocycles. The van der Waals surface area contributed by atoms with Crippen LogP contribution in [-0.2, 0) is 4.79 Å². The Kier molecular flexibility index (Phi) is 4.84. The van der Waals surface area contributed by atoms with Gasteiger partial charge in [0.05, 0.1) is 0 Å². The maximum absolute atomic E-state index is 11.0. The van der Waals surface area contributed by atoms with E-state index >= 15 is 0 Å². The Hall–Kier alpha value is -0.590. The zero-order valence-electron chi connectivity index (χ0n) is 7.81. The van der Waals surface area contributed by atoms with Crippen molar-refractivity contribution in [1.29, 1.82) is 0 Å². The van der Waals surface area contributed by atoms with Gasteiger partial charge < -0.3 is 0 Å². The first-order chi connectivity index (χ1) is 5.07. The zero-order valence-corrected chi connectivity index (χ0v) is 7.81. The average Bonchev–Trinajstić information content (AvgIpc) is 1.86. The Morgan fingerprint density at radius 2 is 2.00 bits per heavy atom. The molecule has 0 saturated carbocycles. The molecule has 0 saturated heterocycles. The second-order valence-electron chi connectivity index (χ2n) is 3.26. The molecule has 11 heavy (non-hydrogen) atoms. The van der Waals surface area contributed by atoms with Gasteiger partial charge in [0.25, 0.3) is 0 Å². The third-order valence-electron chi connectivity index (χ3n) is 1.81. The minimum Gasteiger partial charge on any atom is -0.300 e. The second-order valence-corrected chi connectivity index (χ2v) is 3.26. The minimum absolute atomic E-state index is 0.220. The van der Waals surface area contributed by atoms with E-state index in [4.69, 9.17) is 0 Å². The molecule has 64 valence electrons. The van der Waals surface area contributed by atoms with Crippen molar-refractivity contribution in [2.24, 2.45) is 5.92 Å². The molecule has 0 radical (unpaired) electrons. The van der Waals surface area contributed by atoms with Gasteiger partial charge in [0, 0.05) is 5.92 Å². The highest BCUT2D eigenvalue weighted by Crippen LogP contribution is 2.16. The molecular weight excluding hydrogens is 136 g/mol. The van der Waals surface area contributed by atoms with Crippen LogP contribution in [-0.4, -0.2) is 5.78 Å². The van der Waals surface area contributed by atoms with Gasteiger partial charge in [-0.25, -0.2) is 0 Å².